The molecule has 2 aromatic carbocycles. The van der Waals surface area contributed by atoms with E-state index in [-0.39, 0.29) is 12.0 Å². The summed E-state index contributed by atoms with van der Waals surface area (Å²) in [5, 5.41) is 12.3. The minimum atomic E-state index is -4.77. The van der Waals surface area contributed by atoms with Gasteiger partial charge in [0.1, 0.15) is 5.82 Å². The van der Waals surface area contributed by atoms with E-state index in [1.54, 1.807) is 0 Å². The minimum absolute atomic E-state index is 0.0172. The number of anilines is 1. The Labute approximate surface area is 177 Å². The fraction of sp³-hybridized carbons (Fsp3) is 0.381. The van der Waals surface area contributed by atoms with Gasteiger partial charge in [-0.2, -0.15) is 26.3 Å². The molecule has 1 amide bonds. The highest BCUT2D eigenvalue weighted by atomic mass is 19.4. The zero-order chi connectivity index (χ0) is 23.4. The average molecular weight is 463 g/mol. The van der Waals surface area contributed by atoms with Gasteiger partial charge < -0.3 is 15.2 Å². The van der Waals surface area contributed by atoms with E-state index in [1.807, 2.05) is 0 Å². The number of fused-ring (bicyclic) bond motifs is 2. The molecule has 2 saturated heterocycles. The van der Waals surface area contributed by atoms with Gasteiger partial charge in [-0.1, -0.05) is 18.2 Å². The largest absolute Gasteiger partial charge is 0.416 e. The topological polar surface area (TPSA) is 58.6 Å². The molecule has 2 heterocycles. The number of hydrogen-bond donors (Lipinski definition) is 2. The Morgan fingerprint density at radius 3 is 2.31 bits per heavy atom. The predicted octanol–water partition coefficient (Wildman–Crippen LogP) is 4.73. The van der Waals surface area contributed by atoms with Crippen LogP contribution in [0.5, 0.6) is 0 Å². The Balaban J connectivity index is 1.66. The van der Waals surface area contributed by atoms with E-state index in [2.05, 4.69) is 5.32 Å². The van der Waals surface area contributed by atoms with Gasteiger partial charge in [-0.05, 0) is 29.8 Å². The van der Waals surface area contributed by atoms with Crippen molar-refractivity contribution in [1.29, 1.82) is 0 Å². The molecule has 0 radical (unpaired) electrons. The molecule has 5 atom stereocenters. The molecule has 11 heteroatoms. The van der Waals surface area contributed by atoms with Crippen molar-refractivity contribution < 1.29 is 45.4 Å². The number of carbonyl (C=O) groups excluding carboxylic acids is 1. The summed E-state index contributed by atoms with van der Waals surface area (Å²) >= 11 is 0. The summed E-state index contributed by atoms with van der Waals surface area (Å²) in [5.41, 5.74) is -2.77. The lowest BCUT2D eigenvalue weighted by molar-refractivity contribution is -0.138. The third-order valence-electron chi connectivity index (χ3n) is 5.78. The number of nitrogens with one attached hydrogen (secondary N) is 1. The van der Waals surface area contributed by atoms with Crippen molar-refractivity contribution in [2.75, 3.05) is 5.32 Å². The molecule has 2 N–H and O–H groups in total. The van der Waals surface area contributed by atoms with Crippen LogP contribution in [0.15, 0.2) is 42.5 Å². The second kappa shape index (κ2) is 7.73. The number of ether oxygens (including phenoxy) is 1. The second-order valence-corrected chi connectivity index (χ2v) is 7.80. The highest BCUT2D eigenvalue weighted by molar-refractivity contribution is 5.94. The Morgan fingerprint density at radius 2 is 1.66 bits per heavy atom. The van der Waals surface area contributed by atoms with E-state index in [1.165, 1.54) is 6.07 Å². The van der Waals surface area contributed by atoms with Crippen LogP contribution >= 0.6 is 0 Å². The van der Waals surface area contributed by atoms with E-state index in [0.717, 1.165) is 18.2 Å². The third kappa shape index (κ3) is 4.06. The van der Waals surface area contributed by atoms with Gasteiger partial charge in [0, 0.05) is 12.3 Å². The number of alkyl halides is 6. The summed E-state index contributed by atoms with van der Waals surface area (Å²) < 4.78 is 98.0. The summed E-state index contributed by atoms with van der Waals surface area (Å²) in [6, 6.07) is 5.71. The maximum Gasteiger partial charge on any atom is 0.416 e. The van der Waals surface area contributed by atoms with Crippen LogP contribution < -0.4 is 5.32 Å². The van der Waals surface area contributed by atoms with Crippen molar-refractivity contribution >= 4 is 11.6 Å². The van der Waals surface area contributed by atoms with Gasteiger partial charge in [-0.3, -0.25) is 4.79 Å². The lowest BCUT2D eigenvalue weighted by Crippen LogP contribution is -2.41. The zero-order valence-electron chi connectivity index (χ0n) is 16.0. The summed E-state index contributed by atoms with van der Waals surface area (Å²) in [5.74, 6) is -4.16. The lowest BCUT2D eigenvalue weighted by Gasteiger charge is -2.30. The van der Waals surface area contributed by atoms with Gasteiger partial charge >= 0.3 is 12.4 Å². The molecule has 2 fully saturated rings. The van der Waals surface area contributed by atoms with Gasteiger partial charge in [-0.25, -0.2) is 4.39 Å². The van der Waals surface area contributed by atoms with Crippen LogP contribution in [0.1, 0.15) is 29.0 Å². The maximum atomic E-state index is 14.1. The Bertz CT molecular complexity index is 1040. The number of aliphatic hydroxyl groups is 1. The van der Waals surface area contributed by atoms with Crippen LogP contribution in [-0.4, -0.2) is 29.3 Å². The van der Waals surface area contributed by atoms with E-state index >= 15 is 0 Å². The van der Waals surface area contributed by atoms with E-state index in [4.69, 9.17) is 4.74 Å². The fourth-order valence-corrected chi connectivity index (χ4v) is 4.38. The summed E-state index contributed by atoms with van der Waals surface area (Å²) in [6.07, 6.45) is -12.3. The zero-order valence-corrected chi connectivity index (χ0v) is 16.0. The molecule has 2 aliphatic rings. The van der Waals surface area contributed by atoms with Gasteiger partial charge in [0.15, 0.2) is 0 Å². The van der Waals surface area contributed by atoms with E-state index in [9.17, 15) is 40.6 Å². The number of benzene rings is 2. The molecule has 0 spiro atoms. The summed E-state index contributed by atoms with van der Waals surface area (Å²) in [7, 11) is 0. The number of aliphatic hydroxyl groups excluding tert-OH is 1. The van der Waals surface area contributed by atoms with Crippen molar-refractivity contribution in [3.63, 3.8) is 0 Å². The molecular weight excluding hydrogens is 447 g/mol. The van der Waals surface area contributed by atoms with Crippen LogP contribution in [0.2, 0.25) is 0 Å². The molecular formula is C21H16F7NO3. The van der Waals surface area contributed by atoms with Crippen LogP contribution in [0, 0.1) is 11.7 Å². The molecule has 0 aromatic heterocycles. The molecule has 32 heavy (non-hydrogen) atoms. The van der Waals surface area contributed by atoms with Crippen LogP contribution in [0.25, 0.3) is 0 Å². The normalized spacial score (nSPS) is 27.6. The molecule has 172 valence electrons. The highest BCUT2D eigenvalue weighted by Gasteiger charge is 2.57. The maximum absolute atomic E-state index is 14.1. The van der Waals surface area contributed by atoms with Crippen LogP contribution in [-0.2, 0) is 21.9 Å². The first kappa shape index (κ1) is 22.5. The fourth-order valence-electron chi connectivity index (χ4n) is 4.38. The first-order valence-electron chi connectivity index (χ1n) is 9.54. The first-order valence-corrected chi connectivity index (χ1v) is 9.54. The molecule has 2 bridgehead atoms. The number of halogens is 7. The summed E-state index contributed by atoms with van der Waals surface area (Å²) in [4.78, 5) is 12.9. The molecule has 0 saturated carbocycles. The second-order valence-electron chi connectivity index (χ2n) is 7.80. The molecule has 4 rings (SSSR count). The number of rotatable bonds is 3. The molecule has 2 aliphatic heterocycles. The van der Waals surface area contributed by atoms with Crippen molar-refractivity contribution in [2.45, 2.75) is 43.0 Å². The van der Waals surface area contributed by atoms with Crippen LogP contribution in [0.4, 0.5) is 36.4 Å². The first-order chi connectivity index (χ1) is 14.9. The van der Waals surface area contributed by atoms with E-state index < -0.39 is 71.0 Å². The number of carbonyl (C=O) groups is 1. The standard InChI is InChI=1S/C21H16F7NO3/c22-12-5-4-11(21(26,27)28)7-13(12)29-19(31)17-15-8-14(30)18(32-15)16(17)9-2-1-3-10(6-9)20(23,24)25/h1-7,14-18,30H,8H2,(H,29,31)/t14-,15+,16+,17-,18-/m0/s1. The predicted molar refractivity (Wildman–Crippen MR) is 97.0 cm³/mol. The van der Waals surface area contributed by atoms with Gasteiger partial charge in [-0.15, -0.1) is 0 Å². The number of hydrogen-bond acceptors (Lipinski definition) is 3. The third-order valence-corrected chi connectivity index (χ3v) is 5.78. The quantitative estimate of drug-likeness (QED) is 0.647. The van der Waals surface area contributed by atoms with Crippen molar-refractivity contribution in [3.8, 4) is 0 Å². The van der Waals surface area contributed by atoms with Crippen molar-refractivity contribution in [3.05, 3.63) is 65.0 Å². The Kier molecular flexibility index (Phi) is 5.44. The monoisotopic (exact) mass is 463 g/mol. The number of amides is 1. The average Bonchev–Trinajstić information content (AvgIpc) is 3.25. The van der Waals surface area contributed by atoms with Gasteiger partial charge in [0.05, 0.1) is 41.0 Å². The van der Waals surface area contributed by atoms with Gasteiger partial charge in [0.25, 0.3) is 0 Å². The van der Waals surface area contributed by atoms with Gasteiger partial charge in [0.2, 0.25) is 5.91 Å². The SMILES string of the molecule is O=C(Nc1cc(C(F)(F)F)ccc1F)[C@@H]1[C@@H](c2cccc(C(F)(F)F)c2)[C@H]2O[C@@H]1C[C@@H]2O. The molecule has 0 aliphatic carbocycles. The minimum Gasteiger partial charge on any atom is -0.390 e. The van der Waals surface area contributed by atoms with Crippen LogP contribution in [0.3, 0.4) is 0 Å². The highest BCUT2D eigenvalue weighted by Crippen LogP contribution is 2.50. The molecule has 0 unspecified atom stereocenters. The molecule has 2 aromatic rings. The van der Waals surface area contributed by atoms with Crippen molar-refractivity contribution in [2.24, 2.45) is 5.92 Å². The summed E-state index contributed by atoms with van der Waals surface area (Å²) in [6.45, 7) is 0. The van der Waals surface area contributed by atoms with Crippen molar-refractivity contribution in [1.82, 2.24) is 0 Å². The Morgan fingerprint density at radius 1 is 1.00 bits per heavy atom. The Hall–Kier alpha value is -2.66. The molecule has 4 nitrogen and oxygen atoms in total. The smallest absolute Gasteiger partial charge is 0.390 e. The lowest BCUT2D eigenvalue weighted by atomic mass is 9.73. The van der Waals surface area contributed by atoms with E-state index in [0.29, 0.717) is 18.2 Å².